The second-order valence-electron chi connectivity index (χ2n) is 3.96. The molecule has 1 N–H and O–H groups in total. The van der Waals surface area contributed by atoms with Gasteiger partial charge in [0.25, 0.3) is 5.56 Å². The molecule has 2 aromatic rings. The third kappa shape index (κ3) is 4.04. The standard InChI is InChI=1S/C14H14ClNO2S/c1-18-13-8-12(9-16-14(13)17)19-7-6-10-2-4-11(15)5-3-10/h2-5,8-9H,6-7H2,1H3,(H,16,17). The molecule has 0 unspecified atom stereocenters. The van der Waals surface area contributed by atoms with Crippen LogP contribution in [0.2, 0.25) is 5.02 Å². The molecule has 19 heavy (non-hydrogen) atoms. The van der Waals surface area contributed by atoms with Crippen molar-refractivity contribution < 1.29 is 4.74 Å². The minimum Gasteiger partial charge on any atom is -0.491 e. The lowest BCUT2D eigenvalue weighted by Crippen LogP contribution is -2.08. The molecule has 0 spiro atoms. The van der Waals surface area contributed by atoms with Gasteiger partial charge in [0.2, 0.25) is 0 Å². The average Bonchev–Trinajstić information content (AvgIpc) is 2.43. The summed E-state index contributed by atoms with van der Waals surface area (Å²) >= 11 is 7.51. The first-order valence-electron chi connectivity index (χ1n) is 5.83. The summed E-state index contributed by atoms with van der Waals surface area (Å²) in [6, 6.07) is 9.59. The van der Waals surface area contributed by atoms with Crippen molar-refractivity contribution in [2.24, 2.45) is 0 Å². The number of hydrogen-bond acceptors (Lipinski definition) is 3. The lowest BCUT2D eigenvalue weighted by molar-refractivity contribution is 0.407. The van der Waals surface area contributed by atoms with Gasteiger partial charge in [0, 0.05) is 27.9 Å². The van der Waals surface area contributed by atoms with E-state index in [1.54, 1.807) is 24.0 Å². The summed E-state index contributed by atoms with van der Waals surface area (Å²) < 4.78 is 4.99. The van der Waals surface area contributed by atoms with Crippen LogP contribution < -0.4 is 10.3 Å². The van der Waals surface area contributed by atoms with E-state index >= 15 is 0 Å². The van der Waals surface area contributed by atoms with E-state index in [9.17, 15) is 4.79 Å². The minimum absolute atomic E-state index is 0.204. The fraction of sp³-hybridized carbons (Fsp3) is 0.214. The summed E-state index contributed by atoms with van der Waals surface area (Å²) in [5, 5.41) is 0.752. The van der Waals surface area contributed by atoms with Crippen LogP contribution in [0.5, 0.6) is 5.75 Å². The first kappa shape index (κ1) is 14.0. The maximum atomic E-state index is 11.3. The molecule has 0 radical (unpaired) electrons. The molecule has 1 aromatic heterocycles. The fourth-order valence-electron chi connectivity index (χ4n) is 1.62. The van der Waals surface area contributed by atoms with Crippen LogP contribution in [0.3, 0.4) is 0 Å². The SMILES string of the molecule is COc1cc(SCCc2ccc(Cl)cc2)c[nH]c1=O. The van der Waals surface area contributed by atoms with Gasteiger partial charge < -0.3 is 9.72 Å². The summed E-state index contributed by atoms with van der Waals surface area (Å²) in [4.78, 5) is 15.0. The van der Waals surface area contributed by atoms with Gasteiger partial charge in [0.15, 0.2) is 5.75 Å². The zero-order chi connectivity index (χ0) is 13.7. The Morgan fingerprint density at radius 2 is 2.05 bits per heavy atom. The Labute approximate surface area is 121 Å². The van der Waals surface area contributed by atoms with Gasteiger partial charge in [-0.15, -0.1) is 11.8 Å². The monoisotopic (exact) mass is 295 g/mol. The molecule has 0 bridgehead atoms. The third-order valence-corrected chi connectivity index (χ3v) is 3.86. The number of methoxy groups -OCH3 is 1. The molecule has 2 rings (SSSR count). The van der Waals surface area contributed by atoms with Crippen molar-refractivity contribution in [1.29, 1.82) is 0 Å². The van der Waals surface area contributed by atoms with Gasteiger partial charge in [-0.25, -0.2) is 0 Å². The number of thioether (sulfide) groups is 1. The van der Waals surface area contributed by atoms with E-state index < -0.39 is 0 Å². The number of hydrogen-bond donors (Lipinski definition) is 1. The lowest BCUT2D eigenvalue weighted by Gasteiger charge is -2.04. The highest BCUT2D eigenvalue weighted by atomic mass is 35.5. The molecule has 0 aliphatic carbocycles. The molecule has 0 aliphatic heterocycles. The number of ether oxygens (including phenoxy) is 1. The predicted molar refractivity (Wildman–Crippen MR) is 79.5 cm³/mol. The van der Waals surface area contributed by atoms with Gasteiger partial charge in [-0.05, 0) is 24.1 Å². The van der Waals surface area contributed by atoms with Crippen LogP contribution in [0.1, 0.15) is 5.56 Å². The number of benzene rings is 1. The van der Waals surface area contributed by atoms with E-state index in [1.165, 1.54) is 12.7 Å². The van der Waals surface area contributed by atoms with Crippen molar-refractivity contribution in [1.82, 2.24) is 4.98 Å². The van der Waals surface area contributed by atoms with Crippen LogP contribution >= 0.6 is 23.4 Å². The van der Waals surface area contributed by atoms with Gasteiger partial charge in [-0.2, -0.15) is 0 Å². The summed E-state index contributed by atoms with van der Waals surface area (Å²) in [5.41, 5.74) is 1.04. The van der Waals surface area contributed by atoms with Crippen molar-refractivity contribution >= 4 is 23.4 Å². The molecule has 0 aliphatic rings. The summed E-state index contributed by atoms with van der Waals surface area (Å²) in [7, 11) is 1.49. The van der Waals surface area contributed by atoms with Gasteiger partial charge in [-0.3, -0.25) is 4.79 Å². The van der Waals surface area contributed by atoms with E-state index in [0.717, 1.165) is 22.1 Å². The number of rotatable bonds is 5. The van der Waals surface area contributed by atoms with Gasteiger partial charge >= 0.3 is 0 Å². The summed E-state index contributed by atoms with van der Waals surface area (Å²) in [6.07, 6.45) is 2.65. The van der Waals surface area contributed by atoms with E-state index in [1.807, 2.05) is 24.3 Å². The largest absolute Gasteiger partial charge is 0.491 e. The normalized spacial score (nSPS) is 10.4. The summed E-state index contributed by atoms with van der Waals surface area (Å²) in [6.45, 7) is 0. The molecule has 0 fully saturated rings. The zero-order valence-corrected chi connectivity index (χ0v) is 12.1. The molecular weight excluding hydrogens is 282 g/mol. The Balaban J connectivity index is 1.92. The van der Waals surface area contributed by atoms with Crippen LogP contribution in [0.25, 0.3) is 0 Å². The molecule has 0 amide bonds. The van der Waals surface area contributed by atoms with Crippen LogP contribution in [-0.4, -0.2) is 17.8 Å². The highest BCUT2D eigenvalue weighted by Crippen LogP contribution is 2.20. The molecular formula is C14H14ClNO2S. The average molecular weight is 296 g/mol. The second-order valence-corrected chi connectivity index (χ2v) is 5.56. The number of pyridine rings is 1. The Hall–Kier alpha value is -1.39. The van der Waals surface area contributed by atoms with E-state index in [0.29, 0.717) is 5.75 Å². The minimum atomic E-state index is -0.204. The zero-order valence-electron chi connectivity index (χ0n) is 10.5. The molecule has 1 aromatic carbocycles. The van der Waals surface area contributed by atoms with E-state index in [4.69, 9.17) is 16.3 Å². The topological polar surface area (TPSA) is 42.1 Å². The smallest absolute Gasteiger partial charge is 0.290 e. The predicted octanol–water partition coefficient (Wildman–Crippen LogP) is 3.37. The Bertz CT molecular complexity index is 595. The first-order chi connectivity index (χ1) is 9.19. The maximum Gasteiger partial charge on any atom is 0.290 e. The van der Waals surface area contributed by atoms with Crippen molar-refractivity contribution in [2.45, 2.75) is 11.3 Å². The highest BCUT2D eigenvalue weighted by Gasteiger charge is 2.02. The van der Waals surface area contributed by atoms with Crippen molar-refractivity contribution in [2.75, 3.05) is 12.9 Å². The fourth-order valence-corrected chi connectivity index (χ4v) is 2.65. The van der Waals surface area contributed by atoms with Crippen LogP contribution in [0.4, 0.5) is 0 Å². The van der Waals surface area contributed by atoms with E-state index in [-0.39, 0.29) is 5.56 Å². The third-order valence-electron chi connectivity index (χ3n) is 2.64. The van der Waals surface area contributed by atoms with Crippen molar-refractivity contribution in [3.05, 3.63) is 57.5 Å². The number of aryl methyl sites for hydroxylation is 1. The molecule has 100 valence electrons. The molecule has 0 saturated carbocycles. The number of H-pyrrole nitrogens is 1. The van der Waals surface area contributed by atoms with Gasteiger partial charge in [0.1, 0.15) is 0 Å². The Morgan fingerprint density at radius 3 is 2.74 bits per heavy atom. The first-order valence-corrected chi connectivity index (χ1v) is 7.19. The van der Waals surface area contributed by atoms with Crippen LogP contribution in [0, 0.1) is 0 Å². The molecule has 1 heterocycles. The van der Waals surface area contributed by atoms with Gasteiger partial charge in [0.05, 0.1) is 7.11 Å². The van der Waals surface area contributed by atoms with Crippen molar-refractivity contribution in [3.63, 3.8) is 0 Å². The summed E-state index contributed by atoms with van der Waals surface area (Å²) in [5.74, 6) is 1.27. The highest BCUT2D eigenvalue weighted by molar-refractivity contribution is 7.99. The van der Waals surface area contributed by atoms with Crippen molar-refractivity contribution in [3.8, 4) is 5.75 Å². The second kappa shape index (κ2) is 6.68. The Morgan fingerprint density at radius 1 is 1.32 bits per heavy atom. The van der Waals surface area contributed by atoms with E-state index in [2.05, 4.69) is 4.98 Å². The maximum absolute atomic E-state index is 11.3. The molecule has 0 saturated heterocycles. The van der Waals surface area contributed by atoms with Crippen LogP contribution in [-0.2, 0) is 6.42 Å². The number of aromatic nitrogens is 1. The number of halogens is 1. The molecule has 5 heteroatoms. The Kier molecular flexibility index (Phi) is 4.93. The molecule has 3 nitrogen and oxygen atoms in total. The van der Waals surface area contributed by atoms with Crippen LogP contribution in [0.15, 0.2) is 46.2 Å². The number of nitrogens with one attached hydrogen (secondary N) is 1. The van der Waals surface area contributed by atoms with Gasteiger partial charge in [-0.1, -0.05) is 23.7 Å². The number of aromatic amines is 1. The quantitative estimate of drug-likeness (QED) is 0.860. The lowest BCUT2D eigenvalue weighted by atomic mass is 10.2. The molecule has 0 atom stereocenters.